The molecule has 0 radical (unpaired) electrons. The van der Waals surface area contributed by atoms with Crippen LogP contribution in [-0.2, 0) is 0 Å². The van der Waals surface area contributed by atoms with Crippen LogP contribution in [0.15, 0.2) is 0 Å². The predicted octanol–water partition coefficient (Wildman–Crippen LogP) is 0.917. The van der Waals surface area contributed by atoms with Gasteiger partial charge in [0.15, 0.2) is 0 Å². The fourth-order valence-electron chi connectivity index (χ4n) is 0.400. The van der Waals surface area contributed by atoms with E-state index in [-0.39, 0.29) is 0 Å². The molecule has 2 nitrogen and oxygen atoms in total. The molecule has 0 aromatic rings. The van der Waals surface area contributed by atoms with Gasteiger partial charge in [-0.1, -0.05) is 0 Å². The largest absolute Gasteiger partial charge is 0.305 e. The van der Waals surface area contributed by atoms with Crippen molar-refractivity contribution in [2.45, 2.75) is 6.55 Å². The molecule has 9 heavy (non-hydrogen) atoms. The molecule has 0 saturated carbocycles. The lowest BCUT2D eigenvalue weighted by molar-refractivity contribution is 0.512. The van der Waals surface area contributed by atoms with Gasteiger partial charge in [0.05, 0.1) is 0 Å². The first kappa shape index (κ1) is 9.43. The van der Waals surface area contributed by atoms with Gasteiger partial charge in [-0.2, -0.15) is 0 Å². The van der Waals surface area contributed by atoms with Crippen LogP contribution in [0.5, 0.6) is 0 Å². The van der Waals surface area contributed by atoms with Gasteiger partial charge in [-0.15, -0.1) is 11.1 Å². The normalized spacial score (nSPS) is 13.3. The van der Waals surface area contributed by atoms with Gasteiger partial charge in [0.1, 0.15) is 0 Å². The fourth-order valence-corrected chi connectivity index (χ4v) is 1.20. The average Bonchev–Trinajstić information content (AvgIpc) is 1.65. The number of halogens is 1. The first-order valence-electron chi connectivity index (χ1n) is 2.93. The zero-order valence-corrected chi connectivity index (χ0v) is 8.53. The van der Waals surface area contributed by atoms with Gasteiger partial charge in [-0.05, 0) is 34.7 Å². The molecule has 0 saturated heterocycles. The van der Waals surface area contributed by atoms with Crippen molar-refractivity contribution in [3.63, 3.8) is 0 Å². The number of hydrogen-bond donors (Lipinski definition) is 0. The van der Waals surface area contributed by atoms with Gasteiger partial charge in [-0.25, -0.2) is 0 Å². The monoisotopic (exact) mass is 166 g/mol. The van der Waals surface area contributed by atoms with Gasteiger partial charge >= 0.3 is 7.71 Å². The first-order chi connectivity index (χ1) is 3.89. The third kappa shape index (κ3) is 2.25. The second kappa shape index (κ2) is 3.01. The Kier molecular flexibility index (Phi) is 3.15. The Morgan fingerprint density at radius 2 is 1.22 bits per heavy atom. The van der Waals surface area contributed by atoms with Crippen LogP contribution in [-0.4, -0.2) is 45.0 Å². The molecule has 0 bridgehead atoms. The Morgan fingerprint density at radius 1 is 1.00 bits per heavy atom. The molecule has 4 heteroatoms. The molecule has 0 aromatic carbocycles. The van der Waals surface area contributed by atoms with Crippen LogP contribution >= 0.6 is 11.1 Å². The molecule has 0 amide bonds. The Hall–Kier alpha value is 0.427. The average molecular weight is 167 g/mol. The van der Waals surface area contributed by atoms with Crippen molar-refractivity contribution in [1.82, 2.24) is 9.13 Å². The van der Waals surface area contributed by atoms with Gasteiger partial charge in [0.25, 0.3) is 0 Å². The molecule has 0 aliphatic rings. The van der Waals surface area contributed by atoms with Gasteiger partial charge < -0.3 is 9.13 Å². The summed E-state index contributed by atoms with van der Waals surface area (Å²) in [6.45, 7) is 2.09. The third-order valence-electron chi connectivity index (χ3n) is 1.63. The summed E-state index contributed by atoms with van der Waals surface area (Å²) in [6.07, 6.45) is 0. The zero-order chi connectivity index (χ0) is 7.65. The zero-order valence-electron chi connectivity index (χ0n) is 6.77. The summed E-state index contributed by atoms with van der Waals surface area (Å²) >= 11 is 6.20. The summed E-state index contributed by atoms with van der Waals surface area (Å²) in [5.41, 5.74) is 0. The smallest absolute Gasteiger partial charge is 0.303 e. The van der Waals surface area contributed by atoms with Crippen LogP contribution in [0.4, 0.5) is 0 Å². The molecule has 0 aliphatic carbocycles. The van der Waals surface area contributed by atoms with Crippen molar-refractivity contribution in [3.05, 3.63) is 0 Å². The SMILES string of the molecule is CN(C)[Si](C)(Cl)N(C)C. The Bertz CT molecular complexity index is 83.0. The summed E-state index contributed by atoms with van der Waals surface area (Å²) in [7, 11) is 6.33. The van der Waals surface area contributed by atoms with Gasteiger partial charge in [-0.3, -0.25) is 0 Å². The molecule has 0 unspecified atom stereocenters. The highest BCUT2D eigenvalue weighted by atomic mass is 35.6. The van der Waals surface area contributed by atoms with Crippen LogP contribution in [0.3, 0.4) is 0 Å². The highest BCUT2D eigenvalue weighted by molar-refractivity contribution is 7.16. The lowest BCUT2D eigenvalue weighted by Crippen LogP contribution is -2.53. The highest BCUT2D eigenvalue weighted by Crippen LogP contribution is 2.12. The minimum absolute atomic E-state index is 1.72. The molecule has 0 atom stereocenters. The second-order valence-corrected chi connectivity index (χ2v) is 8.44. The van der Waals surface area contributed by atoms with Crippen LogP contribution in [0.2, 0.25) is 6.55 Å². The van der Waals surface area contributed by atoms with Crippen molar-refractivity contribution in [3.8, 4) is 0 Å². The third-order valence-corrected chi connectivity index (χ3v) is 6.93. The van der Waals surface area contributed by atoms with E-state index < -0.39 is 7.71 Å². The minimum atomic E-state index is -1.72. The van der Waals surface area contributed by atoms with E-state index in [0.29, 0.717) is 0 Å². The molecule has 0 aromatic heterocycles. The molecular formula is C5H15ClN2Si. The second-order valence-electron chi connectivity index (χ2n) is 2.69. The maximum Gasteiger partial charge on any atom is 0.303 e. The lowest BCUT2D eigenvalue weighted by Gasteiger charge is -2.32. The van der Waals surface area contributed by atoms with E-state index in [4.69, 9.17) is 11.1 Å². The number of rotatable bonds is 2. The van der Waals surface area contributed by atoms with Crippen molar-refractivity contribution in [2.24, 2.45) is 0 Å². The summed E-state index contributed by atoms with van der Waals surface area (Å²) in [5, 5.41) is 0. The van der Waals surface area contributed by atoms with E-state index >= 15 is 0 Å². The summed E-state index contributed by atoms with van der Waals surface area (Å²) in [4.78, 5) is 0. The van der Waals surface area contributed by atoms with E-state index in [1.54, 1.807) is 0 Å². The molecule has 0 spiro atoms. The molecule has 0 aliphatic heterocycles. The van der Waals surface area contributed by atoms with Gasteiger partial charge in [0, 0.05) is 0 Å². The van der Waals surface area contributed by atoms with E-state index in [1.165, 1.54) is 0 Å². The van der Waals surface area contributed by atoms with Crippen molar-refractivity contribution >= 4 is 18.8 Å². The van der Waals surface area contributed by atoms with Crippen molar-refractivity contribution in [2.75, 3.05) is 28.2 Å². The Balaban J connectivity index is 4.01. The van der Waals surface area contributed by atoms with Crippen molar-refractivity contribution < 1.29 is 0 Å². The van der Waals surface area contributed by atoms with Gasteiger partial charge in [0.2, 0.25) is 0 Å². The lowest BCUT2D eigenvalue weighted by atomic mass is 11.3. The Labute approximate surface area is 63.3 Å². The molecule has 0 heterocycles. The topological polar surface area (TPSA) is 6.48 Å². The number of hydrogen-bond acceptors (Lipinski definition) is 2. The Morgan fingerprint density at radius 3 is 1.22 bits per heavy atom. The molecule has 0 rings (SSSR count). The van der Waals surface area contributed by atoms with Crippen LogP contribution in [0, 0.1) is 0 Å². The summed E-state index contributed by atoms with van der Waals surface area (Å²) < 4.78 is 4.18. The first-order valence-corrected chi connectivity index (χ1v) is 6.33. The minimum Gasteiger partial charge on any atom is -0.305 e. The molecule has 56 valence electrons. The predicted molar refractivity (Wildman–Crippen MR) is 44.8 cm³/mol. The van der Waals surface area contributed by atoms with E-state index in [0.717, 1.165) is 0 Å². The number of nitrogens with zero attached hydrogens (tertiary/aromatic N) is 2. The molecular weight excluding hydrogens is 152 g/mol. The van der Waals surface area contributed by atoms with Crippen LogP contribution in [0.1, 0.15) is 0 Å². The summed E-state index contributed by atoms with van der Waals surface area (Å²) in [6, 6.07) is 0. The fraction of sp³-hybridized carbons (Fsp3) is 1.00. The standard InChI is InChI=1S/C5H15ClN2Si/c1-7(2)9(5,6)8(3)4/h1-5H3. The van der Waals surface area contributed by atoms with E-state index in [1.807, 2.05) is 28.2 Å². The van der Waals surface area contributed by atoms with Crippen LogP contribution in [0.25, 0.3) is 0 Å². The van der Waals surface area contributed by atoms with E-state index in [9.17, 15) is 0 Å². The van der Waals surface area contributed by atoms with Crippen molar-refractivity contribution in [1.29, 1.82) is 0 Å². The maximum atomic E-state index is 6.20. The van der Waals surface area contributed by atoms with E-state index in [2.05, 4.69) is 15.7 Å². The summed E-state index contributed by atoms with van der Waals surface area (Å²) in [5.74, 6) is 0. The quantitative estimate of drug-likeness (QED) is 0.445. The van der Waals surface area contributed by atoms with Crippen LogP contribution < -0.4 is 0 Å². The maximum absolute atomic E-state index is 6.20. The highest BCUT2D eigenvalue weighted by Gasteiger charge is 2.30. The molecule has 0 N–H and O–H groups in total. The molecule has 0 fully saturated rings.